The molecule has 3 aromatic rings. The predicted octanol–water partition coefficient (Wildman–Crippen LogP) is 3.41. The van der Waals surface area contributed by atoms with Gasteiger partial charge in [0.2, 0.25) is 5.91 Å². The summed E-state index contributed by atoms with van der Waals surface area (Å²) < 4.78 is 40.1. The monoisotopic (exact) mass is 497 g/mol. The number of hydrogen-bond acceptors (Lipinski definition) is 7. The minimum atomic E-state index is -0.576. The molecule has 2 aliphatic heterocycles. The van der Waals surface area contributed by atoms with Crippen LogP contribution in [0.2, 0.25) is 0 Å². The Morgan fingerprint density at radius 1 is 1.06 bits per heavy atom. The SMILES string of the molecule is CC(=O)NC[C@H]1CN(c2ccc(N3CCN(c4ccc(-c5cnco5)c(F)c4)CC3)c(F)c2)C(=O)O1. The number of amides is 2. The van der Waals surface area contributed by atoms with E-state index in [1.165, 1.54) is 36.5 Å². The van der Waals surface area contributed by atoms with Gasteiger partial charge in [-0.25, -0.2) is 18.6 Å². The summed E-state index contributed by atoms with van der Waals surface area (Å²) in [6, 6.07) is 9.63. The quantitative estimate of drug-likeness (QED) is 0.558. The highest BCUT2D eigenvalue weighted by atomic mass is 19.1. The van der Waals surface area contributed by atoms with Gasteiger partial charge >= 0.3 is 6.09 Å². The molecule has 3 heterocycles. The molecular weight excluding hydrogens is 472 g/mol. The summed E-state index contributed by atoms with van der Waals surface area (Å²) in [5.74, 6) is -0.684. The maximum absolute atomic E-state index is 15.1. The topological polar surface area (TPSA) is 91.2 Å². The van der Waals surface area contributed by atoms with Crippen LogP contribution in [-0.4, -0.2) is 62.4 Å². The molecule has 1 aromatic heterocycles. The van der Waals surface area contributed by atoms with Crippen molar-refractivity contribution in [3.8, 4) is 11.3 Å². The fourth-order valence-corrected chi connectivity index (χ4v) is 4.47. The highest BCUT2D eigenvalue weighted by Crippen LogP contribution is 2.30. The van der Waals surface area contributed by atoms with Crippen LogP contribution in [0.1, 0.15) is 6.92 Å². The van der Waals surface area contributed by atoms with Gasteiger partial charge in [0.05, 0.1) is 36.2 Å². The minimum absolute atomic E-state index is 0.203. The number of oxazole rings is 1. The number of nitrogens with zero attached hydrogens (tertiary/aromatic N) is 4. The standard InChI is InChI=1S/C25H25F2N5O4/c1-16(33)29-12-19-14-32(25(34)36-19)18-3-5-23(22(27)11-18)31-8-6-30(7-9-31)17-2-4-20(21(26)10-17)24-13-28-15-35-24/h2-5,10-11,13,15,19H,6-9,12,14H2,1H3,(H,29,33)/t19-/m0/s1. The Kier molecular flexibility index (Phi) is 6.45. The van der Waals surface area contributed by atoms with Crippen molar-refractivity contribution in [2.75, 3.05) is 54.0 Å². The zero-order chi connectivity index (χ0) is 25.2. The number of rotatable bonds is 6. The van der Waals surface area contributed by atoms with E-state index in [0.29, 0.717) is 48.9 Å². The molecule has 2 fully saturated rings. The van der Waals surface area contributed by atoms with Crippen LogP contribution in [0.25, 0.3) is 11.3 Å². The summed E-state index contributed by atoms with van der Waals surface area (Å²) in [6.07, 6.45) is 1.66. The number of nitrogens with one attached hydrogen (secondary N) is 1. The summed E-state index contributed by atoms with van der Waals surface area (Å²) in [7, 11) is 0. The van der Waals surface area contributed by atoms with E-state index in [1.54, 1.807) is 18.2 Å². The molecule has 1 atom stereocenters. The van der Waals surface area contributed by atoms with Gasteiger partial charge in [-0.3, -0.25) is 9.69 Å². The smallest absolute Gasteiger partial charge is 0.414 e. The van der Waals surface area contributed by atoms with Crippen LogP contribution in [0.4, 0.5) is 30.6 Å². The van der Waals surface area contributed by atoms with Gasteiger partial charge in [-0.2, -0.15) is 0 Å². The van der Waals surface area contributed by atoms with Crippen molar-refractivity contribution in [2.24, 2.45) is 0 Å². The minimum Gasteiger partial charge on any atom is -0.443 e. The number of ether oxygens (including phenoxy) is 1. The summed E-state index contributed by atoms with van der Waals surface area (Å²) >= 11 is 0. The molecule has 5 rings (SSSR count). The number of carbonyl (C=O) groups excluding carboxylic acids is 2. The van der Waals surface area contributed by atoms with Gasteiger partial charge in [-0.1, -0.05) is 0 Å². The number of halogens is 2. The lowest BCUT2D eigenvalue weighted by atomic mass is 10.1. The molecule has 0 bridgehead atoms. The van der Waals surface area contributed by atoms with Gasteiger partial charge in [-0.15, -0.1) is 0 Å². The average molecular weight is 498 g/mol. The molecule has 0 spiro atoms. The number of piperazine rings is 1. The Bertz CT molecular complexity index is 1260. The lowest BCUT2D eigenvalue weighted by molar-refractivity contribution is -0.119. The maximum atomic E-state index is 15.1. The van der Waals surface area contributed by atoms with E-state index in [0.717, 1.165) is 5.69 Å². The third kappa shape index (κ3) is 4.81. The molecule has 188 valence electrons. The lowest BCUT2D eigenvalue weighted by Crippen LogP contribution is -2.46. The van der Waals surface area contributed by atoms with Crippen LogP contribution in [0.15, 0.2) is 53.4 Å². The number of anilines is 3. The van der Waals surface area contributed by atoms with E-state index in [-0.39, 0.29) is 19.0 Å². The van der Waals surface area contributed by atoms with E-state index < -0.39 is 23.8 Å². The van der Waals surface area contributed by atoms with E-state index in [1.807, 2.05) is 15.9 Å². The predicted molar refractivity (Wildman–Crippen MR) is 129 cm³/mol. The third-order valence-corrected chi connectivity index (χ3v) is 6.33. The van der Waals surface area contributed by atoms with Crippen molar-refractivity contribution in [2.45, 2.75) is 13.0 Å². The summed E-state index contributed by atoms with van der Waals surface area (Å²) in [6.45, 7) is 4.09. The second-order valence-electron chi connectivity index (χ2n) is 8.69. The fraction of sp³-hybridized carbons (Fsp3) is 0.320. The van der Waals surface area contributed by atoms with Crippen LogP contribution in [-0.2, 0) is 9.53 Å². The molecule has 11 heteroatoms. The zero-order valence-corrected chi connectivity index (χ0v) is 19.6. The Morgan fingerprint density at radius 2 is 1.78 bits per heavy atom. The highest BCUT2D eigenvalue weighted by molar-refractivity contribution is 5.90. The molecule has 2 aromatic carbocycles. The molecular formula is C25H25F2N5O4. The number of benzene rings is 2. The Labute approximate surface area is 206 Å². The van der Waals surface area contributed by atoms with Gasteiger partial charge in [0, 0.05) is 38.8 Å². The molecule has 9 nitrogen and oxygen atoms in total. The zero-order valence-electron chi connectivity index (χ0n) is 19.6. The van der Waals surface area contributed by atoms with Crippen LogP contribution in [0, 0.1) is 11.6 Å². The first-order valence-electron chi connectivity index (χ1n) is 11.6. The lowest BCUT2D eigenvalue weighted by Gasteiger charge is -2.37. The normalized spacial score (nSPS) is 17.9. The summed E-state index contributed by atoms with van der Waals surface area (Å²) in [5.41, 5.74) is 1.92. The first kappa shape index (κ1) is 23.6. The second kappa shape index (κ2) is 9.84. The van der Waals surface area contributed by atoms with E-state index >= 15 is 4.39 Å². The van der Waals surface area contributed by atoms with E-state index in [2.05, 4.69) is 10.3 Å². The number of aromatic nitrogens is 1. The van der Waals surface area contributed by atoms with Gasteiger partial charge in [-0.05, 0) is 36.4 Å². The summed E-state index contributed by atoms with van der Waals surface area (Å²) in [4.78, 5) is 32.5. The third-order valence-electron chi connectivity index (χ3n) is 6.33. The van der Waals surface area contributed by atoms with Gasteiger partial charge in [0.25, 0.3) is 0 Å². The highest BCUT2D eigenvalue weighted by Gasteiger charge is 2.33. The van der Waals surface area contributed by atoms with Gasteiger partial charge < -0.3 is 24.3 Å². The average Bonchev–Trinajstić information content (AvgIpc) is 3.53. The molecule has 0 radical (unpaired) electrons. The van der Waals surface area contributed by atoms with Crippen molar-refractivity contribution in [1.82, 2.24) is 10.3 Å². The Morgan fingerprint density at radius 3 is 2.44 bits per heavy atom. The van der Waals surface area contributed by atoms with Crippen LogP contribution in [0.3, 0.4) is 0 Å². The van der Waals surface area contributed by atoms with Crippen molar-refractivity contribution in [3.63, 3.8) is 0 Å². The fourth-order valence-electron chi connectivity index (χ4n) is 4.47. The van der Waals surface area contributed by atoms with Gasteiger partial charge in [0.1, 0.15) is 17.7 Å². The molecule has 2 aliphatic rings. The van der Waals surface area contributed by atoms with Crippen molar-refractivity contribution in [1.29, 1.82) is 0 Å². The first-order chi connectivity index (χ1) is 17.4. The molecule has 0 unspecified atom stereocenters. The Hall–Kier alpha value is -4.15. The number of cyclic esters (lactones) is 1. The maximum Gasteiger partial charge on any atom is 0.414 e. The van der Waals surface area contributed by atoms with Crippen LogP contribution in [0.5, 0.6) is 0 Å². The van der Waals surface area contributed by atoms with E-state index in [9.17, 15) is 14.0 Å². The molecule has 36 heavy (non-hydrogen) atoms. The molecule has 0 saturated carbocycles. The molecule has 2 saturated heterocycles. The van der Waals surface area contributed by atoms with Crippen molar-refractivity contribution >= 4 is 29.1 Å². The van der Waals surface area contributed by atoms with E-state index in [4.69, 9.17) is 9.15 Å². The number of hydrogen-bond donors (Lipinski definition) is 1. The second-order valence-corrected chi connectivity index (χ2v) is 8.69. The molecule has 1 N–H and O–H groups in total. The van der Waals surface area contributed by atoms with Gasteiger partial charge in [0.15, 0.2) is 12.2 Å². The van der Waals surface area contributed by atoms with Crippen molar-refractivity contribution < 1.29 is 27.5 Å². The molecule has 2 amide bonds. The summed E-state index contributed by atoms with van der Waals surface area (Å²) in [5, 5.41) is 2.62. The number of carbonyl (C=O) groups is 2. The van der Waals surface area contributed by atoms with Crippen LogP contribution < -0.4 is 20.0 Å². The van der Waals surface area contributed by atoms with Crippen molar-refractivity contribution in [3.05, 3.63) is 60.6 Å². The Balaban J connectivity index is 1.21. The largest absolute Gasteiger partial charge is 0.443 e. The first-order valence-corrected chi connectivity index (χ1v) is 11.6. The molecule has 0 aliphatic carbocycles. The van der Waals surface area contributed by atoms with Crippen LogP contribution >= 0.6 is 0 Å².